The summed E-state index contributed by atoms with van der Waals surface area (Å²) in [5.74, 6) is -0.672. The number of aryl methyl sites for hydroxylation is 1. The Balaban J connectivity index is 2.05. The van der Waals surface area contributed by atoms with E-state index >= 15 is 0 Å². The van der Waals surface area contributed by atoms with Crippen molar-refractivity contribution >= 4 is 21.9 Å². The molecule has 0 radical (unpaired) electrons. The zero-order valence-corrected chi connectivity index (χ0v) is 12.3. The van der Waals surface area contributed by atoms with Crippen molar-refractivity contribution < 1.29 is 9.90 Å². The fourth-order valence-electron chi connectivity index (χ4n) is 2.54. The Hall–Kier alpha value is -0.870. The highest BCUT2D eigenvalue weighted by molar-refractivity contribution is 9.10. The Bertz CT molecular complexity index is 461. The zero-order chi connectivity index (χ0) is 13.3. The number of halogens is 1. The first-order chi connectivity index (χ1) is 8.47. The molecule has 98 valence electrons. The largest absolute Gasteiger partial charge is 0.481 e. The number of hydrogen-bond acceptors (Lipinski definition) is 2. The van der Waals surface area contributed by atoms with E-state index in [0.717, 1.165) is 17.6 Å². The van der Waals surface area contributed by atoms with E-state index in [1.54, 1.807) is 0 Å². The summed E-state index contributed by atoms with van der Waals surface area (Å²) in [6.45, 7) is 6.40. The lowest BCUT2D eigenvalue weighted by atomic mass is 9.99. The summed E-state index contributed by atoms with van der Waals surface area (Å²) in [4.78, 5) is 13.3. The van der Waals surface area contributed by atoms with Crippen LogP contribution in [0.3, 0.4) is 0 Å². The maximum atomic E-state index is 11.1. The molecule has 2 atom stereocenters. The minimum Gasteiger partial charge on any atom is -0.481 e. The Labute approximate surface area is 116 Å². The lowest BCUT2D eigenvalue weighted by Crippen LogP contribution is -2.23. The number of benzene rings is 1. The number of likely N-dealkylation sites (tertiary alicyclic amines) is 1. The van der Waals surface area contributed by atoms with Gasteiger partial charge in [0.05, 0.1) is 5.92 Å². The number of nitrogens with zero attached hydrogens (tertiary/aromatic N) is 1. The molecule has 2 unspecified atom stereocenters. The SMILES string of the molecule is Cc1ccc(CN2CC(C)C(C(=O)O)C2)c(Br)c1. The zero-order valence-electron chi connectivity index (χ0n) is 10.7. The van der Waals surface area contributed by atoms with Gasteiger partial charge in [0.2, 0.25) is 0 Å². The molecule has 2 rings (SSSR count). The van der Waals surface area contributed by atoms with Crippen molar-refractivity contribution in [3.8, 4) is 0 Å². The third-order valence-electron chi connectivity index (χ3n) is 3.61. The Morgan fingerprint density at radius 1 is 1.50 bits per heavy atom. The first kappa shape index (κ1) is 13.6. The molecule has 1 aromatic carbocycles. The number of aliphatic carboxylic acids is 1. The van der Waals surface area contributed by atoms with Crippen molar-refractivity contribution in [2.75, 3.05) is 13.1 Å². The number of hydrogen-bond donors (Lipinski definition) is 1. The van der Waals surface area contributed by atoms with Crippen molar-refractivity contribution in [1.29, 1.82) is 0 Å². The molecule has 0 aromatic heterocycles. The summed E-state index contributed by atoms with van der Waals surface area (Å²) >= 11 is 3.57. The predicted octanol–water partition coefficient (Wildman–Crippen LogP) is 2.91. The van der Waals surface area contributed by atoms with E-state index in [-0.39, 0.29) is 11.8 Å². The number of carbonyl (C=O) groups is 1. The van der Waals surface area contributed by atoms with Crippen LogP contribution in [0.5, 0.6) is 0 Å². The molecule has 1 aliphatic rings. The van der Waals surface area contributed by atoms with Crippen molar-refractivity contribution in [3.05, 3.63) is 33.8 Å². The van der Waals surface area contributed by atoms with Gasteiger partial charge in [-0.25, -0.2) is 0 Å². The van der Waals surface area contributed by atoms with Gasteiger partial charge in [0.15, 0.2) is 0 Å². The highest BCUT2D eigenvalue weighted by atomic mass is 79.9. The molecule has 0 saturated carbocycles. The molecular weight excluding hydrogens is 294 g/mol. The predicted molar refractivity (Wildman–Crippen MR) is 74.4 cm³/mol. The molecule has 1 N–H and O–H groups in total. The lowest BCUT2D eigenvalue weighted by Gasteiger charge is -2.16. The lowest BCUT2D eigenvalue weighted by molar-refractivity contribution is -0.142. The molecule has 18 heavy (non-hydrogen) atoms. The Morgan fingerprint density at radius 3 is 2.78 bits per heavy atom. The molecular formula is C14H18BrNO2. The van der Waals surface area contributed by atoms with E-state index < -0.39 is 5.97 Å². The number of carboxylic acids is 1. The first-order valence-electron chi connectivity index (χ1n) is 6.17. The van der Waals surface area contributed by atoms with Gasteiger partial charge in [-0.3, -0.25) is 9.69 Å². The van der Waals surface area contributed by atoms with Crippen LogP contribution in [0.1, 0.15) is 18.1 Å². The average Bonchev–Trinajstić information content (AvgIpc) is 2.64. The smallest absolute Gasteiger partial charge is 0.308 e. The Morgan fingerprint density at radius 2 is 2.22 bits per heavy atom. The molecule has 1 saturated heterocycles. The van der Waals surface area contributed by atoms with Gasteiger partial charge in [-0.15, -0.1) is 0 Å². The molecule has 0 spiro atoms. The summed E-state index contributed by atoms with van der Waals surface area (Å²) in [6, 6.07) is 6.30. The van der Waals surface area contributed by atoms with Gasteiger partial charge in [-0.2, -0.15) is 0 Å². The first-order valence-corrected chi connectivity index (χ1v) is 6.97. The van der Waals surface area contributed by atoms with Crippen molar-refractivity contribution in [3.63, 3.8) is 0 Å². The molecule has 0 bridgehead atoms. The molecule has 1 fully saturated rings. The molecule has 0 aliphatic carbocycles. The normalized spacial score (nSPS) is 24.4. The van der Waals surface area contributed by atoms with Crippen LogP contribution in [0.4, 0.5) is 0 Å². The second kappa shape index (κ2) is 5.41. The number of rotatable bonds is 3. The monoisotopic (exact) mass is 311 g/mol. The van der Waals surface area contributed by atoms with E-state index in [2.05, 4.69) is 46.0 Å². The summed E-state index contributed by atoms with van der Waals surface area (Å²) < 4.78 is 1.11. The van der Waals surface area contributed by atoms with E-state index in [1.165, 1.54) is 11.1 Å². The molecule has 1 heterocycles. The van der Waals surface area contributed by atoms with Gasteiger partial charge in [-0.1, -0.05) is 35.0 Å². The topological polar surface area (TPSA) is 40.5 Å². The molecule has 4 heteroatoms. The van der Waals surface area contributed by atoms with Crippen LogP contribution in [0.2, 0.25) is 0 Å². The van der Waals surface area contributed by atoms with Crippen molar-refractivity contribution in [2.24, 2.45) is 11.8 Å². The van der Waals surface area contributed by atoms with Crippen LogP contribution >= 0.6 is 15.9 Å². The van der Waals surface area contributed by atoms with Gasteiger partial charge >= 0.3 is 5.97 Å². The van der Waals surface area contributed by atoms with Gasteiger partial charge < -0.3 is 5.11 Å². The van der Waals surface area contributed by atoms with Gasteiger partial charge in [-0.05, 0) is 30.0 Å². The fraction of sp³-hybridized carbons (Fsp3) is 0.500. The second-order valence-corrected chi connectivity index (χ2v) is 6.07. The van der Waals surface area contributed by atoms with Crippen LogP contribution in [-0.4, -0.2) is 29.1 Å². The fourth-order valence-corrected chi connectivity index (χ4v) is 3.16. The average molecular weight is 312 g/mol. The molecule has 1 aliphatic heterocycles. The summed E-state index contributed by atoms with van der Waals surface area (Å²) in [5.41, 5.74) is 2.45. The summed E-state index contributed by atoms with van der Waals surface area (Å²) in [5, 5.41) is 9.12. The van der Waals surface area contributed by atoms with Crippen LogP contribution in [0.25, 0.3) is 0 Å². The summed E-state index contributed by atoms with van der Waals surface area (Å²) in [7, 11) is 0. The van der Waals surface area contributed by atoms with Gasteiger partial charge in [0.1, 0.15) is 0 Å². The highest BCUT2D eigenvalue weighted by Crippen LogP contribution is 2.27. The number of carboxylic acid groups (broad SMARTS) is 1. The Kier molecular flexibility index (Phi) is 4.07. The minimum absolute atomic E-state index is 0.228. The quantitative estimate of drug-likeness (QED) is 0.933. The molecule has 1 aromatic rings. The van der Waals surface area contributed by atoms with Crippen molar-refractivity contribution in [1.82, 2.24) is 4.90 Å². The van der Waals surface area contributed by atoms with Gasteiger partial charge in [0, 0.05) is 24.1 Å². The maximum absolute atomic E-state index is 11.1. The minimum atomic E-state index is -0.673. The third kappa shape index (κ3) is 2.93. The second-order valence-electron chi connectivity index (χ2n) is 5.21. The van der Waals surface area contributed by atoms with E-state index in [9.17, 15) is 4.79 Å². The molecule has 0 amide bonds. The standard InChI is InChI=1S/C14H18BrNO2/c1-9-3-4-11(13(15)5-9)7-16-6-10(2)12(8-16)14(17)18/h3-5,10,12H,6-8H2,1-2H3,(H,17,18). The van der Waals surface area contributed by atoms with Crippen molar-refractivity contribution in [2.45, 2.75) is 20.4 Å². The van der Waals surface area contributed by atoms with E-state index in [1.807, 2.05) is 6.92 Å². The van der Waals surface area contributed by atoms with E-state index in [4.69, 9.17) is 5.11 Å². The van der Waals surface area contributed by atoms with Gasteiger partial charge in [0.25, 0.3) is 0 Å². The van der Waals surface area contributed by atoms with E-state index in [0.29, 0.717) is 6.54 Å². The maximum Gasteiger partial charge on any atom is 0.308 e. The third-order valence-corrected chi connectivity index (χ3v) is 4.35. The van der Waals surface area contributed by atoms with Crippen LogP contribution in [0, 0.1) is 18.8 Å². The molecule has 3 nitrogen and oxygen atoms in total. The highest BCUT2D eigenvalue weighted by Gasteiger charge is 2.34. The van der Waals surface area contributed by atoms with Crippen LogP contribution in [0.15, 0.2) is 22.7 Å². The van der Waals surface area contributed by atoms with Crippen LogP contribution in [-0.2, 0) is 11.3 Å². The summed E-state index contributed by atoms with van der Waals surface area (Å²) in [6.07, 6.45) is 0. The van der Waals surface area contributed by atoms with Crippen LogP contribution < -0.4 is 0 Å².